The van der Waals surface area contributed by atoms with E-state index in [-0.39, 0.29) is 20.0 Å². The van der Waals surface area contributed by atoms with Crippen LogP contribution in [0.1, 0.15) is 11.1 Å². The normalized spacial score (nSPS) is 20.2. The molecule has 2 aromatic heterocycles. The molecule has 1 aliphatic rings. The Hall–Kier alpha value is -1.42. The van der Waals surface area contributed by atoms with Gasteiger partial charge in [0.15, 0.2) is 0 Å². The Kier molecular flexibility index (Phi) is 3.30. The fraction of sp³-hybridized carbons (Fsp3) is 0.200. The van der Waals surface area contributed by atoms with E-state index in [1.807, 2.05) is 0 Å². The van der Waals surface area contributed by atoms with Gasteiger partial charge in [0.1, 0.15) is 0 Å². The molecule has 0 fully saturated rings. The van der Waals surface area contributed by atoms with E-state index in [4.69, 9.17) is 0 Å². The highest BCUT2D eigenvalue weighted by atomic mass is 79.9. The van der Waals surface area contributed by atoms with Gasteiger partial charge < -0.3 is 0 Å². The van der Waals surface area contributed by atoms with Crippen LogP contribution < -0.4 is 0 Å². The van der Waals surface area contributed by atoms with Crippen LogP contribution in [0.3, 0.4) is 0 Å². The number of alkyl halides is 6. The maximum absolute atomic E-state index is 14.4. The summed E-state index contributed by atoms with van der Waals surface area (Å²) in [5.74, 6) is -15.7. The number of hydrogen-bond donors (Lipinski definition) is 0. The van der Waals surface area contributed by atoms with Crippen LogP contribution in [-0.4, -0.2) is 15.9 Å². The fourth-order valence-corrected chi connectivity index (χ4v) is 3.73. The molecule has 1 aliphatic carbocycles. The maximum Gasteiger partial charge on any atom is 0.380 e. The van der Waals surface area contributed by atoms with Gasteiger partial charge in [-0.25, -0.2) is 0 Å². The van der Waals surface area contributed by atoms with Crippen molar-refractivity contribution in [1.29, 1.82) is 0 Å². The predicted octanol–water partition coefficient (Wildman–Crippen LogP) is 6.14. The van der Waals surface area contributed by atoms with Gasteiger partial charge in [-0.2, -0.15) is 26.3 Å². The highest BCUT2D eigenvalue weighted by Crippen LogP contribution is 2.65. The summed E-state index contributed by atoms with van der Waals surface area (Å²) in [6, 6.07) is 2.13. The minimum absolute atomic E-state index is 0.155. The second kappa shape index (κ2) is 4.85. The van der Waals surface area contributed by atoms with Gasteiger partial charge in [0, 0.05) is 43.2 Å². The molecule has 0 bridgehead atoms. The quantitative estimate of drug-likeness (QED) is 0.282. The van der Waals surface area contributed by atoms with Gasteiger partial charge in [0.2, 0.25) is 0 Å². The summed E-state index contributed by atoms with van der Waals surface area (Å²) in [4.78, 5) is 7.86. The summed E-state index contributed by atoms with van der Waals surface area (Å²) in [5.41, 5.74) is -3.15. The zero-order valence-corrected chi connectivity index (χ0v) is 14.9. The van der Waals surface area contributed by atoms with Crippen molar-refractivity contribution in [3.63, 3.8) is 0 Å². The highest BCUT2D eigenvalue weighted by Gasteiger charge is 2.80. The molecule has 0 radical (unpaired) electrons. The van der Waals surface area contributed by atoms with E-state index in [0.29, 0.717) is 0 Å². The van der Waals surface area contributed by atoms with E-state index < -0.39 is 39.7 Å². The number of fused-ring (bicyclic) bond motifs is 6. The van der Waals surface area contributed by atoms with Crippen molar-refractivity contribution in [2.75, 3.05) is 0 Å². The molecule has 2 nitrogen and oxygen atoms in total. The van der Waals surface area contributed by atoms with E-state index in [9.17, 15) is 26.3 Å². The molecule has 4 rings (SSSR count). The van der Waals surface area contributed by atoms with Crippen LogP contribution in [0.15, 0.2) is 33.5 Å². The van der Waals surface area contributed by atoms with E-state index in [0.717, 1.165) is 12.1 Å². The molecule has 2 heterocycles. The first-order chi connectivity index (χ1) is 11.5. The van der Waals surface area contributed by atoms with E-state index >= 15 is 0 Å². The van der Waals surface area contributed by atoms with Crippen molar-refractivity contribution in [2.24, 2.45) is 0 Å². The van der Waals surface area contributed by atoms with Crippen LogP contribution >= 0.6 is 31.9 Å². The number of benzene rings is 1. The highest BCUT2D eigenvalue weighted by molar-refractivity contribution is 9.10. The van der Waals surface area contributed by atoms with Gasteiger partial charge in [-0.05, 0) is 44.0 Å². The number of halogens is 8. The summed E-state index contributed by atoms with van der Waals surface area (Å²) in [5, 5.41) is -0.984. The van der Waals surface area contributed by atoms with Gasteiger partial charge >= 0.3 is 17.8 Å². The molecular weight excluding hydrogens is 482 g/mol. The number of aromatic nitrogens is 2. The first kappa shape index (κ1) is 17.0. The summed E-state index contributed by atoms with van der Waals surface area (Å²) < 4.78 is 85.9. The van der Waals surface area contributed by atoms with Crippen LogP contribution in [0.5, 0.6) is 0 Å². The van der Waals surface area contributed by atoms with Gasteiger partial charge in [0.05, 0.1) is 11.0 Å². The molecule has 0 unspecified atom stereocenters. The Morgan fingerprint density at radius 1 is 0.680 bits per heavy atom. The molecule has 3 aromatic rings. The van der Waals surface area contributed by atoms with E-state index in [2.05, 4.69) is 41.8 Å². The number of rotatable bonds is 0. The lowest BCUT2D eigenvalue weighted by Gasteiger charge is -2.23. The van der Waals surface area contributed by atoms with Crippen LogP contribution in [0.2, 0.25) is 0 Å². The van der Waals surface area contributed by atoms with Crippen molar-refractivity contribution in [2.45, 2.75) is 17.8 Å². The van der Waals surface area contributed by atoms with Crippen LogP contribution in [-0.2, 0) is 11.8 Å². The smallest absolute Gasteiger partial charge is 0.253 e. The lowest BCUT2D eigenvalue weighted by Crippen LogP contribution is -2.43. The first-order valence-corrected chi connectivity index (χ1v) is 8.29. The molecule has 0 spiro atoms. The Balaban J connectivity index is 2.37. The largest absolute Gasteiger partial charge is 0.380 e. The summed E-state index contributed by atoms with van der Waals surface area (Å²) in [6.07, 6.45) is 2.50. The third kappa shape index (κ3) is 1.92. The second-order valence-electron chi connectivity index (χ2n) is 5.57. The van der Waals surface area contributed by atoms with E-state index in [1.54, 1.807) is 0 Å². The van der Waals surface area contributed by atoms with Crippen LogP contribution in [0, 0.1) is 0 Å². The predicted molar refractivity (Wildman–Crippen MR) is 85.2 cm³/mol. The molecule has 0 amide bonds. The minimum Gasteiger partial charge on any atom is -0.253 e. The standard InChI is InChI=1S/C15H4Br2F6N2/c16-5-1-7-9-10(14(20,21)15(22,23)13(9,18)19)8-2-6(17)4-25-12(8)11(7)24-3-5/h1-4H. The molecular formula is C15H4Br2F6N2. The summed E-state index contributed by atoms with van der Waals surface area (Å²) in [7, 11) is 0. The molecule has 0 N–H and O–H groups in total. The SMILES string of the molecule is FC1(F)c2c(c3cc(Br)cnc3c3ncc(Br)cc23)C(F)(F)C1(F)F. The number of hydrogen-bond acceptors (Lipinski definition) is 2. The molecule has 25 heavy (non-hydrogen) atoms. The van der Waals surface area contributed by atoms with Crippen molar-refractivity contribution in [1.82, 2.24) is 9.97 Å². The topological polar surface area (TPSA) is 25.8 Å². The molecule has 130 valence electrons. The van der Waals surface area contributed by atoms with Crippen molar-refractivity contribution < 1.29 is 26.3 Å². The van der Waals surface area contributed by atoms with Gasteiger partial charge in [-0.1, -0.05) is 0 Å². The number of nitrogens with zero attached hydrogens (tertiary/aromatic N) is 2. The summed E-state index contributed by atoms with van der Waals surface area (Å²) in [6.45, 7) is 0. The monoisotopic (exact) mass is 484 g/mol. The fourth-order valence-electron chi connectivity index (χ4n) is 3.07. The third-order valence-electron chi connectivity index (χ3n) is 4.14. The lowest BCUT2D eigenvalue weighted by atomic mass is 9.97. The van der Waals surface area contributed by atoms with Gasteiger partial charge in [0.25, 0.3) is 0 Å². The Morgan fingerprint density at radius 3 is 1.40 bits per heavy atom. The van der Waals surface area contributed by atoms with Crippen molar-refractivity contribution >= 4 is 53.7 Å². The number of pyridine rings is 2. The van der Waals surface area contributed by atoms with Crippen molar-refractivity contribution in [3.8, 4) is 0 Å². The van der Waals surface area contributed by atoms with Gasteiger partial charge in [-0.15, -0.1) is 0 Å². The molecule has 0 aliphatic heterocycles. The second-order valence-corrected chi connectivity index (χ2v) is 7.40. The zero-order valence-electron chi connectivity index (χ0n) is 11.7. The molecule has 0 atom stereocenters. The first-order valence-electron chi connectivity index (χ1n) is 6.71. The summed E-state index contributed by atoms with van der Waals surface area (Å²) >= 11 is 6.00. The Bertz CT molecular complexity index is 984. The molecule has 1 aromatic carbocycles. The zero-order chi connectivity index (χ0) is 18.4. The third-order valence-corrected chi connectivity index (χ3v) is 5.01. The lowest BCUT2D eigenvalue weighted by molar-refractivity contribution is -0.301. The van der Waals surface area contributed by atoms with Crippen molar-refractivity contribution in [3.05, 3.63) is 44.6 Å². The molecule has 0 saturated carbocycles. The Labute approximate surface area is 152 Å². The van der Waals surface area contributed by atoms with Gasteiger partial charge in [-0.3, -0.25) is 9.97 Å². The maximum atomic E-state index is 14.4. The average molecular weight is 486 g/mol. The molecule has 0 saturated heterocycles. The minimum atomic E-state index is -5.58. The van der Waals surface area contributed by atoms with E-state index in [1.165, 1.54) is 12.4 Å². The van der Waals surface area contributed by atoms with Crippen LogP contribution in [0.4, 0.5) is 26.3 Å². The Morgan fingerprint density at radius 2 is 1.04 bits per heavy atom. The van der Waals surface area contributed by atoms with Crippen LogP contribution in [0.25, 0.3) is 21.8 Å². The molecule has 10 heteroatoms. The average Bonchev–Trinajstić information content (AvgIpc) is 2.62.